The van der Waals surface area contributed by atoms with Crippen molar-refractivity contribution in [3.63, 3.8) is 0 Å². The summed E-state index contributed by atoms with van der Waals surface area (Å²) in [7, 11) is 0. The number of ether oxygens (including phenoxy) is 1. The number of unbranched alkanes of at least 4 members (excludes halogenated alkanes) is 9. The van der Waals surface area contributed by atoms with Gasteiger partial charge in [0, 0.05) is 0 Å². The van der Waals surface area contributed by atoms with Gasteiger partial charge in [0.2, 0.25) is 0 Å². The van der Waals surface area contributed by atoms with E-state index in [9.17, 15) is 5.11 Å². The molecule has 0 spiro atoms. The molecule has 1 saturated heterocycles. The number of hydrogen-bond donors (Lipinski definition) is 2. The summed E-state index contributed by atoms with van der Waals surface area (Å²) in [5, 5.41) is 9.68. The van der Waals surface area contributed by atoms with Gasteiger partial charge in [-0.15, -0.1) is 0 Å². The fourth-order valence-electron chi connectivity index (χ4n) is 2.45. The zero-order chi connectivity index (χ0) is 13.2. The molecule has 3 heteroatoms. The van der Waals surface area contributed by atoms with Crippen LogP contribution in [0.4, 0.5) is 0 Å². The molecule has 0 amide bonds. The summed E-state index contributed by atoms with van der Waals surface area (Å²) in [4.78, 5) is 0. The Morgan fingerprint density at radius 1 is 0.944 bits per heavy atom. The number of hydrogen-bond acceptors (Lipinski definition) is 3. The van der Waals surface area contributed by atoms with Crippen molar-refractivity contribution < 1.29 is 9.84 Å². The summed E-state index contributed by atoms with van der Waals surface area (Å²) in [6.07, 6.45) is 13.5. The monoisotopic (exact) mass is 257 g/mol. The number of epoxide rings is 1. The summed E-state index contributed by atoms with van der Waals surface area (Å²) in [6.45, 7) is 2.26. The van der Waals surface area contributed by atoms with Gasteiger partial charge < -0.3 is 15.6 Å². The maximum absolute atomic E-state index is 9.68. The minimum atomic E-state index is -0.339. The van der Waals surface area contributed by atoms with Gasteiger partial charge in [-0.2, -0.15) is 0 Å². The van der Waals surface area contributed by atoms with Crippen LogP contribution in [0.3, 0.4) is 0 Å². The van der Waals surface area contributed by atoms with E-state index in [-0.39, 0.29) is 18.4 Å². The summed E-state index contributed by atoms with van der Waals surface area (Å²) in [5.41, 5.74) is 5.51. The van der Waals surface area contributed by atoms with Crippen LogP contribution in [0.1, 0.15) is 77.6 Å². The molecule has 0 aliphatic carbocycles. The fourth-order valence-corrected chi connectivity index (χ4v) is 2.45. The van der Waals surface area contributed by atoms with E-state index in [0.29, 0.717) is 0 Å². The largest absolute Gasteiger partial charge is 0.390 e. The quantitative estimate of drug-likeness (QED) is 0.416. The number of rotatable bonds is 12. The van der Waals surface area contributed by atoms with Gasteiger partial charge >= 0.3 is 0 Å². The van der Waals surface area contributed by atoms with E-state index in [0.717, 1.165) is 12.8 Å². The number of nitrogens with two attached hydrogens (primary N) is 1. The van der Waals surface area contributed by atoms with Crippen LogP contribution in [0.2, 0.25) is 0 Å². The van der Waals surface area contributed by atoms with Crippen molar-refractivity contribution in [1.29, 1.82) is 0 Å². The third-order valence-electron chi connectivity index (χ3n) is 3.79. The van der Waals surface area contributed by atoms with Crippen molar-refractivity contribution >= 4 is 0 Å². The maximum Gasteiger partial charge on any atom is 0.135 e. The molecule has 18 heavy (non-hydrogen) atoms. The molecule has 3 N–H and O–H groups in total. The first-order valence-electron chi connectivity index (χ1n) is 7.84. The van der Waals surface area contributed by atoms with Crippen molar-refractivity contribution in [2.75, 3.05) is 0 Å². The van der Waals surface area contributed by atoms with Crippen molar-refractivity contribution in [2.45, 2.75) is 96.0 Å². The smallest absolute Gasteiger partial charge is 0.135 e. The molecule has 1 aliphatic rings. The number of aliphatic hydroxyl groups is 1. The Hall–Kier alpha value is -0.120. The average Bonchev–Trinajstić information content (AvgIpc) is 3.09. The summed E-state index contributed by atoms with van der Waals surface area (Å²) in [6, 6.07) is 0. The predicted octanol–water partition coefficient (Wildman–Crippen LogP) is 3.34. The second kappa shape index (κ2) is 9.76. The van der Waals surface area contributed by atoms with Crippen LogP contribution in [0, 0.1) is 0 Å². The van der Waals surface area contributed by atoms with Crippen LogP contribution in [-0.2, 0) is 4.74 Å². The van der Waals surface area contributed by atoms with Gasteiger partial charge in [-0.1, -0.05) is 71.1 Å². The highest BCUT2D eigenvalue weighted by Gasteiger charge is 2.40. The molecule has 0 aromatic rings. The van der Waals surface area contributed by atoms with E-state index in [1.807, 2.05) is 0 Å². The van der Waals surface area contributed by atoms with Crippen LogP contribution < -0.4 is 5.73 Å². The highest BCUT2D eigenvalue weighted by molar-refractivity contribution is 4.85. The third kappa shape index (κ3) is 7.34. The molecule has 0 saturated carbocycles. The molecule has 3 atom stereocenters. The van der Waals surface area contributed by atoms with Crippen molar-refractivity contribution in [2.24, 2.45) is 5.73 Å². The lowest BCUT2D eigenvalue weighted by Gasteiger charge is -2.06. The molecule has 1 aliphatic heterocycles. The molecule has 108 valence electrons. The van der Waals surface area contributed by atoms with Gasteiger partial charge in [-0.05, 0) is 6.42 Å². The Balaban J connectivity index is 1.73. The van der Waals surface area contributed by atoms with E-state index in [1.165, 1.54) is 57.8 Å². The lowest BCUT2D eigenvalue weighted by molar-refractivity contribution is 0.123. The topological polar surface area (TPSA) is 58.8 Å². The molecular weight excluding hydrogens is 226 g/mol. The number of aliphatic hydroxyl groups excluding tert-OH is 1. The van der Waals surface area contributed by atoms with Gasteiger partial charge in [0.05, 0.1) is 6.10 Å². The molecule has 0 bridgehead atoms. The molecule has 1 heterocycles. The lowest BCUT2D eigenvalue weighted by Crippen LogP contribution is -2.20. The molecule has 0 aromatic carbocycles. The van der Waals surface area contributed by atoms with Crippen LogP contribution in [0.15, 0.2) is 0 Å². The second-order valence-corrected chi connectivity index (χ2v) is 5.60. The van der Waals surface area contributed by atoms with Crippen LogP contribution in [0.5, 0.6) is 0 Å². The van der Waals surface area contributed by atoms with Crippen LogP contribution in [0.25, 0.3) is 0 Å². The minimum Gasteiger partial charge on any atom is -0.390 e. The minimum absolute atomic E-state index is 0.0800. The average molecular weight is 257 g/mol. The molecule has 1 fully saturated rings. The standard InChI is InChI=1S/C15H31NO2/c1-2-3-4-5-6-7-8-9-10-11-12-13(17)14-15(16)18-14/h13-15,17H,2-12,16H2,1H3/t13-,14-,15-/m1/s1. The van der Waals surface area contributed by atoms with Crippen molar-refractivity contribution in [3.05, 3.63) is 0 Å². The van der Waals surface area contributed by atoms with Crippen LogP contribution in [-0.4, -0.2) is 23.5 Å². The molecule has 0 radical (unpaired) electrons. The highest BCUT2D eigenvalue weighted by atomic mass is 16.6. The first-order chi connectivity index (χ1) is 8.75. The fraction of sp³-hybridized carbons (Fsp3) is 1.00. The molecule has 0 unspecified atom stereocenters. The molecule has 1 rings (SSSR count). The predicted molar refractivity (Wildman–Crippen MR) is 75.3 cm³/mol. The van der Waals surface area contributed by atoms with E-state index >= 15 is 0 Å². The summed E-state index contributed by atoms with van der Waals surface area (Å²) < 4.78 is 5.05. The Morgan fingerprint density at radius 3 is 1.83 bits per heavy atom. The maximum atomic E-state index is 9.68. The van der Waals surface area contributed by atoms with Gasteiger partial charge in [0.1, 0.15) is 12.3 Å². The van der Waals surface area contributed by atoms with E-state index in [2.05, 4.69) is 6.92 Å². The third-order valence-corrected chi connectivity index (χ3v) is 3.79. The van der Waals surface area contributed by atoms with E-state index < -0.39 is 0 Å². The highest BCUT2D eigenvalue weighted by Crippen LogP contribution is 2.23. The Morgan fingerprint density at radius 2 is 1.39 bits per heavy atom. The first kappa shape index (κ1) is 15.9. The lowest BCUT2D eigenvalue weighted by atomic mass is 10.0. The first-order valence-corrected chi connectivity index (χ1v) is 7.84. The van der Waals surface area contributed by atoms with Gasteiger partial charge in [-0.25, -0.2) is 0 Å². The van der Waals surface area contributed by atoms with Crippen molar-refractivity contribution in [3.8, 4) is 0 Å². The molecular formula is C15H31NO2. The zero-order valence-corrected chi connectivity index (χ0v) is 11.9. The normalized spacial score (nSPS) is 24.2. The Labute approximate surface area is 112 Å². The van der Waals surface area contributed by atoms with Crippen LogP contribution >= 0.6 is 0 Å². The van der Waals surface area contributed by atoms with Gasteiger partial charge in [0.25, 0.3) is 0 Å². The zero-order valence-electron chi connectivity index (χ0n) is 11.9. The van der Waals surface area contributed by atoms with Gasteiger partial charge in [-0.3, -0.25) is 0 Å². The van der Waals surface area contributed by atoms with E-state index in [1.54, 1.807) is 0 Å². The summed E-state index contributed by atoms with van der Waals surface area (Å²) >= 11 is 0. The SMILES string of the molecule is CCCCCCCCCCCC[C@@H](O)[C@H]1O[C@H]1N. The Bertz CT molecular complexity index is 199. The van der Waals surface area contributed by atoms with Gasteiger partial charge in [0.15, 0.2) is 0 Å². The van der Waals surface area contributed by atoms with Crippen molar-refractivity contribution in [1.82, 2.24) is 0 Å². The van der Waals surface area contributed by atoms with E-state index in [4.69, 9.17) is 10.5 Å². The summed E-state index contributed by atoms with van der Waals surface area (Å²) in [5.74, 6) is 0. The molecule has 0 aromatic heterocycles. The Kier molecular flexibility index (Phi) is 8.64. The molecule has 3 nitrogen and oxygen atoms in total. The second-order valence-electron chi connectivity index (χ2n) is 5.60.